The Morgan fingerprint density at radius 3 is 2.90 bits per heavy atom. The van der Waals surface area contributed by atoms with Crippen LogP contribution in [0.2, 0.25) is 0 Å². The summed E-state index contributed by atoms with van der Waals surface area (Å²) in [5.74, 6) is -0.914. The van der Waals surface area contributed by atoms with E-state index in [1.54, 1.807) is 17.0 Å². The first kappa shape index (κ1) is 14.3. The van der Waals surface area contributed by atoms with Crippen LogP contribution in [-0.2, 0) is 13.0 Å². The van der Waals surface area contributed by atoms with Crippen molar-refractivity contribution in [1.82, 2.24) is 10.2 Å². The first-order valence-corrected chi connectivity index (χ1v) is 6.70. The van der Waals surface area contributed by atoms with E-state index in [1.807, 2.05) is 6.07 Å². The second-order valence-corrected chi connectivity index (χ2v) is 4.79. The molecule has 0 aromatic heterocycles. The maximum Gasteiger partial charge on any atom is 0.335 e. The molecule has 0 saturated heterocycles. The number of carboxylic acid groups (broad SMARTS) is 1. The third kappa shape index (κ3) is 3.08. The molecule has 2 rings (SSSR count). The lowest BCUT2D eigenvalue weighted by atomic mass is 9.95. The van der Waals surface area contributed by atoms with E-state index in [-0.39, 0.29) is 6.03 Å². The largest absolute Gasteiger partial charge is 0.478 e. The van der Waals surface area contributed by atoms with Crippen molar-refractivity contribution >= 4 is 12.0 Å². The van der Waals surface area contributed by atoms with Gasteiger partial charge in [0.2, 0.25) is 0 Å². The number of amides is 2. The van der Waals surface area contributed by atoms with Crippen molar-refractivity contribution in [2.24, 2.45) is 5.73 Å². The van der Waals surface area contributed by atoms with Gasteiger partial charge in [0.05, 0.1) is 5.56 Å². The minimum absolute atomic E-state index is 0.121. The number of carboxylic acids is 1. The lowest BCUT2D eigenvalue weighted by Crippen LogP contribution is -2.43. The molecular formula is C14H19N3O3. The van der Waals surface area contributed by atoms with Crippen molar-refractivity contribution in [3.8, 4) is 0 Å². The summed E-state index contributed by atoms with van der Waals surface area (Å²) >= 11 is 0. The van der Waals surface area contributed by atoms with Gasteiger partial charge in [-0.25, -0.2) is 9.59 Å². The molecule has 1 heterocycles. The number of hydrogen-bond donors (Lipinski definition) is 3. The quantitative estimate of drug-likeness (QED) is 0.709. The van der Waals surface area contributed by atoms with E-state index in [0.717, 1.165) is 17.5 Å². The van der Waals surface area contributed by atoms with Crippen LogP contribution in [0.15, 0.2) is 18.2 Å². The Bertz CT molecular complexity index is 516. The van der Waals surface area contributed by atoms with Crippen LogP contribution < -0.4 is 11.1 Å². The van der Waals surface area contributed by atoms with E-state index in [4.69, 9.17) is 10.8 Å². The molecule has 1 aromatic carbocycles. The Hall–Kier alpha value is -2.08. The first-order valence-electron chi connectivity index (χ1n) is 6.70. The second kappa shape index (κ2) is 6.38. The lowest BCUT2D eigenvalue weighted by Gasteiger charge is -2.29. The molecule has 0 bridgehead atoms. The van der Waals surface area contributed by atoms with E-state index >= 15 is 0 Å². The molecule has 6 heteroatoms. The van der Waals surface area contributed by atoms with E-state index in [9.17, 15) is 9.59 Å². The number of carbonyl (C=O) groups excluding carboxylic acids is 1. The highest BCUT2D eigenvalue weighted by atomic mass is 16.4. The Kier molecular flexibility index (Phi) is 4.57. The second-order valence-electron chi connectivity index (χ2n) is 4.79. The molecule has 0 radical (unpaired) electrons. The summed E-state index contributed by atoms with van der Waals surface area (Å²) in [7, 11) is 0. The highest BCUT2D eigenvalue weighted by Gasteiger charge is 2.23. The number of rotatable bonds is 4. The van der Waals surface area contributed by atoms with Crippen LogP contribution in [0.1, 0.15) is 27.9 Å². The average molecular weight is 277 g/mol. The molecule has 0 atom stereocenters. The van der Waals surface area contributed by atoms with Crippen molar-refractivity contribution in [3.63, 3.8) is 0 Å². The molecule has 1 aliphatic rings. The summed E-state index contributed by atoms with van der Waals surface area (Å²) in [5.41, 5.74) is 7.47. The van der Waals surface area contributed by atoms with Crippen molar-refractivity contribution in [2.45, 2.75) is 19.4 Å². The molecule has 20 heavy (non-hydrogen) atoms. The van der Waals surface area contributed by atoms with Gasteiger partial charge < -0.3 is 21.1 Å². The minimum Gasteiger partial charge on any atom is -0.478 e. The molecule has 0 saturated carbocycles. The Balaban J connectivity index is 2.06. The summed E-state index contributed by atoms with van der Waals surface area (Å²) < 4.78 is 0. The van der Waals surface area contributed by atoms with Crippen LogP contribution in [-0.4, -0.2) is 41.6 Å². The van der Waals surface area contributed by atoms with Crippen LogP contribution in [0.5, 0.6) is 0 Å². The highest BCUT2D eigenvalue weighted by Crippen LogP contribution is 2.22. The van der Waals surface area contributed by atoms with Crippen LogP contribution >= 0.6 is 0 Å². The molecule has 0 spiro atoms. The van der Waals surface area contributed by atoms with Gasteiger partial charge in [-0.15, -0.1) is 0 Å². The fraction of sp³-hybridized carbons (Fsp3) is 0.429. The number of benzene rings is 1. The normalized spacial score (nSPS) is 13.8. The Labute approximate surface area is 117 Å². The van der Waals surface area contributed by atoms with Crippen molar-refractivity contribution in [2.75, 3.05) is 19.6 Å². The fourth-order valence-electron chi connectivity index (χ4n) is 2.39. The summed E-state index contributed by atoms with van der Waals surface area (Å²) in [6.07, 6.45) is 1.32. The summed E-state index contributed by atoms with van der Waals surface area (Å²) in [5, 5.41) is 12.0. The lowest BCUT2D eigenvalue weighted by molar-refractivity contribution is 0.0695. The van der Waals surface area contributed by atoms with Crippen molar-refractivity contribution in [3.05, 3.63) is 34.9 Å². The number of nitrogens with zero attached hydrogens (tertiary/aromatic N) is 1. The average Bonchev–Trinajstić information content (AvgIpc) is 2.46. The van der Waals surface area contributed by atoms with Gasteiger partial charge >= 0.3 is 12.0 Å². The van der Waals surface area contributed by atoms with Crippen LogP contribution in [0, 0.1) is 0 Å². The van der Waals surface area contributed by atoms with Gasteiger partial charge in [0, 0.05) is 19.6 Å². The Morgan fingerprint density at radius 1 is 1.40 bits per heavy atom. The molecule has 1 aromatic rings. The zero-order chi connectivity index (χ0) is 14.5. The zero-order valence-electron chi connectivity index (χ0n) is 11.3. The standard InChI is InChI=1S/C14H19N3O3/c15-6-2-7-16-14(20)17-8-5-11-10(9-17)3-1-4-12(11)13(18)19/h1,3-4H,2,5-9,15H2,(H,16,20)(H,18,19). The molecule has 1 aliphatic heterocycles. The smallest absolute Gasteiger partial charge is 0.335 e. The van der Waals surface area contributed by atoms with Gasteiger partial charge in [-0.2, -0.15) is 0 Å². The first-order chi connectivity index (χ1) is 9.63. The number of fused-ring (bicyclic) bond motifs is 1. The zero-order valence-corrected chi connectivity index (χ0v) is 11.3. The summed E-state index contributed by atoms with van der Waals surface area (Å²) in [6.45, 7) is 2.09. The predicted molar refractivity (Wildman–Crippen MR) is 74.6 cm³/mol. The highest BCUT2D eigenvalue weighted by molar-refractivity contribution is 5.90. The maximum atomic E-state index is 12.0. The van der Waals surface area contributed by atoms with Crippen molar-refractivity contribution in [1.29, 1.82) is 0 Å². The van der Waals surface area contributed by atoms with Crippen molar-refractivity contribution < 1.29 is 14.7 Å². The number of aromatic carboxylic acids is 1. The minimum atomic E-state index is -0.914. The van der Waals surface area contributed by atoms with Crippen LogP contribution in [0.4, 0.5) is 4.79 Å². The number of urea groups is 1. The van der Waals surface area contributed by atoms with E-state index in [1.165, 1.54) is 0 Å². The van der Waals surface area contributed by atoms with Gasteiger partial charge in [-0.3, -0.25) is 0 Å². The SMILES string of the molecule is NCCCNC(=O)N1CCc2c(cccc2C(=O)O)C1. The van der Waals surface area contributed by atoms with Crippen LogP contribution in [0.25, 0.3) is 0 Å². The topological polar surface area (TPSA) is 95.7 Å². The predicted octanol–water partition coefficient (Wildman–Crippen LogP) is 0.801. The van der Waals surface area contributed by atoms with Gasteiger partial charge in [-0.05, 0) is 36.6 Å². The molecule has 0 fully saturated rings. The van der Waals surface area contributed by atoms with E-state index in [0.29, 0.717) is 38.2 Å². The summed E-state index contributed by atoms with van der Waals surface area (Å²) in [4.78, 5) is 24.8. The summed E-state index contributed by atoms with van der Waals surface area (Å²) in [6, 6.07) is 5.09. The molecule has 0 unspecified atom stereocenters. The van der Waals surface area contributed by atoms with Crippen LogP contribution in [0.3, 0.4) is 0 Å². The molecule has 0 aliphatic carbocycles. The van der Waals surface area contributed by atoms with Gasteiger partial charge in [-0.1, -0.05) is 12.1 Å². The Morgan fingerprint density at radius 2 is 2.20 bits per heavy atom. The van der Waals surface area contributed by atoms with E-state index < -0.39 is 5.97 Å². The number of carbonyl (C=O) groups is 2. The fourth-order valence-corrected chi connectivity index (χ4v) is 2.39. The third-order valence-electron chi connectivity index (χ3n) is 3.44. The number of nitrogens with two attached hydrogens (primary N) is 1. The molecule has 2 amide bonds. The number of nitrogens with one attached hydrogen (secondary N) is 1. The van der Waals surface area contributed by atoms with Gasteiger partial charge in [0.15, 0.2) is 0 Å². The maximum absolute atomic E-state index is 12.0. The molecule has 108 valence electrons. The van der Waals surface area contributed by atoms with E-state index in [2.05, 4.69) is 5.32 Å². The van der Waals surface area contributed by atoms with Gasteiger partial charge in [0.1, 0.15) is 0 Å². The molecule has 6 nitrogen and oxygen atoms in total. The van der Waals surface area contributed by atoms with Gasteiger partial charge in [0.25, 0.3) is 0 Å². The monoisotopic (exact) mass is 277 g/mol. The third-order valence-corrected chi connectivity index (χ3v) is 3.44. The molecular weight excluding hydrogens is 258 g/mol. The molecule has 4 N–H and O–H groups in total. The number of hydrogen-bond acceptors (Lipinski definition) is 3.